The number of likely N-dealkylation sites (N-methyl/N-ethyl adjacent to an activating group) is 1. The number of hydrogen-bond acceptors (Lipinski definition) is 6. The normalized spacial score (nSPS) is 20.8. The van der Waals surface area contributed by atoms with Crippen molar-refractivity contribution >= 4 is 15.8 Å². The van der Waals surface area contributed by atoms with E-state index in [-0.39, 0.29) is 23.3 Å². The van der Waals surface area contributed by atoms with Crippen LogP contribution in [-0.4, -0.2) is 62.7 Å². The van der Waals surface area contributed by atoms with Gasteiger partial charge in [-0.05, 0) is 55.6 Å². The fraction of sp³-hybridized carbons (Fsp3) is 0.560. The second kappa shape index (κ2) is 11.4. The second-order valence-corrected chi connectivity index (χ2v) is 11.0. The highest BCUT2D eigenvalue weighted by Crippen LogP contribution is 2.27. The zero-order valence-corrected chi connectivity index (χ0v) is 21.0. The first-order valence-corrected chi connectivity index (χ1v) is 13.3. The van der Waals surface area contributed by atoms with E-state index < -0.39 is 10.0 Å². The molecule has 33 heavy (non-hydrogen) atoms. The molecule has 1 saturated heterocycles. The van der Waals surface area contributed by atoms with Gasteiger partial charge in [0.25, 0.3) is 0 Å². The maximum absolute atomic E-state index is 13.2. The van der Waals surface area contributed by atoms with Crippen molar-refractivity contribution in [3.8, 4) is 0 Å². The van der Waals surface area contributed by atoms with Gasteiger partial charge in [-0.25, -0.2) is 8.42 Å². The summed E-state index contributed by atoms with van der Waals surface area (Å²) < 4.78 is 33.6. The van der Waals surface area contributed by atoms with Crippen molar-refractivity contribution < 1.29 is 17.6 Å². The Bertz CT molecular complexity index is 992. The molecule has 0 radical (unpaired) electrons. The van der Waals surface area contributed by atoms with Crippen LogP contribution in [0.3, 0.4) is 0 Å². The number of nitrogens with one attached hydrogen (secondary N) is 1. The molecule has 7 nitrogen and oxygen atoms in total. The van der Waals surface area contributed by atoms with Crippen molar-refractivity contribution in [1.29, 1.82) is 0 Å². The molecule has 3 unspecified atom stereocenters. The summed E-state index contributed by atoms with van der Waals surface area (Å²) in [6.07, 6.45) is 2.69. The van der Waals surface area contributed by atoms with Gasteiger partial charge in [-0.1, -0.05) is 39.8 Å². The van der Waals surface area contributed by atoms with Gasteiger partial charge in [-0.2, -0.15) is 4.31 Å². The lowest BCUT2D eigenvalue weighted by atomic mass is 9.94. The lowest BCUT2D eigenvalue weighted by molar-refractivity contribution is 0.0985. The molecular weight excluding hydrogens is 438 g/mol. The minimum absolute atomic E-state index is 0.0255. The molecule has 1 N–H and O–H groups in total. The Morgan fingerprint density at radius 3 is 2.45 bits per heavy atom. The van der Waals surface area contributed by atoms with Crippen LogP contribution in [0.2, 0.25) is 0 Å². The van der Waals surface area contributed by atoms with Crippen LogP contribution in [0.1, 0.15) is 56.3 Å². The summed E-state index contributed by atoms with van der Waals surface area (Å²) in [6.45, 7) is 11.8. The topological polar surface area (TPSA) is 82.9 Å². The largest absolute Gasteiger partial charge is 0.468 e. The zero-order valence-electron chi connectivity index (χ0n) is 20.2. The number of piperidine rings is 1. The Morgan fingerprint density at radius 2 is 1.85 bits per heavy atom. The number of Topliss-reactive ketones (excluding diaryl/α,β-unsaturated/α-hetero) is 1. The molecule has 1 aromatic carbocycles. The molecule has 3 atom stereocenters. The molecule has 182 valence electrons. The van der Waals surface area contributed by atoms with Crippen LogP contribution < -0.4 is 5.32 Å². The predicted molar refractivity (Wildman–Crippen MR) is 130 cm³/mol. The molecule has 1 aliphatic heterocycles. The fourth-order valence-electron chi connectivity index (χ4n) is 4.76. The molecule has 1 aliphatic rings. The SMILES string of the molecule is CCN(CC)C(CNCC(=O)c1cccc(S(=O)(=O)N2CC(C)CC(C)C2)c1)c1ccco1. The molecule has 0 saturated carbocycles. The van der Waals surface area contributed by atoms with Gasteiger partial charge < -0.3 is 9.73 Å². The maximum atomic E-state index is 13.2. The molecule has 0 amide bonds. The summed E-state index contributed by atoms with van der Waals surface area (Å²) in [5.41, 5.74) is 0.402. The van der Waals surface area contributed by atoms with Crippen molar-refractivity contribution in [1.82, 2.24) is 14.5 Å². The smallest absolute Gasteiger partial charge is 0.243 e. The molecule has 2 aromatic rings. The molecule has 2 heterocycles. The lowest BCUT2D eigenvalue weighted by Crippen LogP contribution is -2.42. The fourth-order valence-corrected chi connectivity index (χ4v) is 6.49. The van der Waals surface area contributed by atoms with Crippen LogP contribution in [0, 0.1) is 11.8 Å². The second-order valence-electron chi connectivity index (χ2n) is 9.10. The number of benzene rings is 1. The maximum Gasteiger partial charge on any atom is 0.243 e. The summed E-state index contributed by atoms with van der Waals surface area (Å²) in [6, 6.07) is 10.3. The van der Waals surface area contributed by atoms with E-state index >= 15 is 0 Å². The summed E-state index contributed by atoms with van der Waals surface area (Å²) in [5, 5.41) is 3.24. The van der Waals surface area contributed by atoms with E-state index in [1.54, 1.807) is 28.8 Å². The number of carbonyl (C=O) groups excluding carboxylic acids is 1. The number of hydrogen-bond donors (Lipinski definition) is 1. The first kappa shape index (κ1) is 25.6. The molecule has 0 spiro atoms. The zero-order chi connectivity index (χ0) is 24.0. The van der Waals surface area contributed by atoms with Crippen LogP contribution in [0.5, 0.6) is 0 Å². The van der Waals surface area contributed by atoms with Crippen molar-refractivity contribution in [3.63, 3.8) is 0 Å². The van der Waals surface area contributed by atoms with E-state index in [1.807, 2.05) is 12.1 Å². The Labute approximate surface area is 198 Å². The third-order valence-electron chi connectivity index (χ3n) is 6.38. The predicted octanol–water partition coefficient (Wildman–Crippen LogP) is 3.80. The van der Waals surface area contributed by atoms with Crippen LogP contribution in [0.15, 0.2) is 52.0 Å². The van der Waals surface area contributed by atoms with Crippen molar-refractivity contribution in [2.24, 2.45) is 11.8 Å². The van der Waals surface area contributed by atoms with E-state index in [0.29, 0.717) is 37.0 Å². The number of nitrogens with zero attached hydrogens (tertiary/aromatic N) is 2. The Hall–Kier alpha value is -2.00. The number of furan rings is 1. The van der Waals surface area contributed by atoms with Gasteiger partial charge >= 0.3 is 0 Å². The first-order chi connectivity index (χ1) is 15.8. The first-order valence-electron chi connectivity index (χ1n) is 11.9. The molecule has 1 fully saturated rings. The van der Waals surface area contributed by atoms with Gasteiger partial charge in [0.05, 0.1) is 23.7 Å². The number of carbonyl (C=O) groups is 1. The molecule has 1 aromatic heterocycles. The highest BCUT2D eigenvalue weighted by atomic mass is 32.2. The standard InChI is InChI=1S/C25H37N3O4S/c1-5-27(6-2)23(25-11-8-12-32-25)15-26-16-24(29)21-9-7-10-22(14-21)33(30,31)28-17-19(3)13-20(4)18-28/h7-12,14,19-20,23,26H,5-6,13,15-18H2,1-4H3. The van der Waals surface area contributed by atoms with Gasteiger partial charge in [0.15, 0.2) is 5.78 Å². The van der Waals surface area contributed by atoms with Crippen LogP contribution >= 0.6 is 0 Å². The average molecular weight is 476 g/mol. The van der Waals surface area contributed by atoms with Crippen LogP contribution in [0.4, 0.5) is 0 Å². The molecular formula is C25H37N3O4S. The summed E-state index contributed by atoms with van der Waals surface area (Å²) in [5.74, 6) is 1.37. The van der Waals surface area contributed by atoms with Gasteiger partial charge in [-0.3, -0.25) is 9.69 Å². The molecule has 0 aliphatic carbocycles. The molecule has 3 rings (SSSR count). The van der Waals surface area contributed by atoms with Crippen LogP contribution in [-0.2, 0) is 10.0 Å². The van der Waals surface area contributed by atoms with Gasteiger partial charge in [0.1, 0.15) is 5.76 Å². The number of ketones is 1. The number of sulfonamides is 1. The highest BCUT2D eigenvalue weighted by molar-refractivity contribution is 7.89. The van der Waals surface area contributed by atoms with Crippen LogP contribution in [0.25, 0.3) is 0 Å². The monoisotopic (exact) mass is 475 g/mol. The van der Waals surface area contributed by atoms with E-state index in [2.05, 4.69) is 37.9 Å². The highest BCUT2D eigenvalue weighted by Gasteiger charge is 2.32. The molecule has 8 heteroatoms. The van der Waals surface area contributed by atoms with Gasteiger partial charge in [-0.15, -0.1) is 0 Å². The van der Waals surface area contributed by atoms with Crippen molar-refractivity contribution in [3.05, 3.63) is 54.0 Å². The molecule has 0 bridgehead atoms. The van der Waals surface area contributed by atoms with Gasteiger partial charge in [0, 0.05) is 25.2 Å². The Morgan fingerprint density at radius 1 is 1.15 bits per heavy atom. The lowest BCUT2D eigenvalue weighted by Gasteiger charge is -2.34. The quantitative estimate of drug-likeness (QED) is 0.498. The minimum Gasteiger partial charge on any atom is -0.468 e. The Kier molecular flexibility index (Phi) is 8.87. The third-order valence-corrected chi connectivity index (χ3v) is 8.20. The van der Waals surface area contributed by atoms with Crippen molar-refractivity contribution in [2.75, 3.05) is 39.3 Å². The Balaban J connectivity index is 1.67. The third kappa shape index (κ3) is 6.32. The minimum atomic E-state index is -3.62. The summed E-state index contributed by atoms with van der Waals surface area (Å²) in [4.78, 5) is 15.3. The number of rotatable bonds is 11. The van der Waals surface area contributed by atoms with Crippen molar-refractivity contribution in [2.45, 2.75) is 45.1 Å². The van der Waals surface area contributed by atoms with E-state index in [4.69, 9.17) is 4.42 Å². The summed E-state index contributed by atoms with van der Waals surface area (Å²) >= 11 is 0. The summed E-state index contributed by atoms with van der Waals surface area (Å²) in [7, 11) is -3.62. The average Bonchev–Trinajstić information content (AvgIpc) is 3.32. The van der Waals surface area contributed by atoms with E-state index in [1.165, 1.54) is 6.07 Å². The van der Waals surface area contributed by atoms with E-state index in [9.17, 15) is 13.2 Å². The van der Waals surface area contributed by atoms with Gasteiger partial charge in [0.2, 0.25) is 10.0 Å². The van der Waals surface area contributed by atoms with E-state index in [0.717, 1.165) is 25.3 Å².